The number of nitrogens with two attached hydrogens (primary N) is 1. The summed E-state index contributed by atoms with van der Waals surface area (Å²) in [6, 6.07) is 0. The van der Waals surface area contributed by atoms with E-state index in [2.05, 4.69) is 12.2 Å². The maximum absolute atomic E-state index is 5.67. The number of rotatable bonds is 9. The molecule has 0 spiro atoms. The van der Waals surface area contributed by atoms with Gasteiger partial charge in [0.15, 0.2) is 0 Å². The normalized spacial score (nSPS) is 26.3. The second-order valence-corrected chi connectivity index (χ2v) is 4.67. The van der Waals surface area contributed by atoms with Crippen molar-refractivity contribution in [3.05, 3.63) is 0 Å². The predicted molar refractivity (Wildman–Crippen MR) is 70.1 cm³/mol. The Labute approximate surface area is 105 Å². The molecule has 1 rings (SSSR count). The van der Waals surface area contributed by atoms with Crippen LogP contribution in [0.2, 0.25) is 0 Å². The zero-order valence-corrected chi connectivity index (χ0v) is 11.3. The Morgan fingerprint density at radius 3 is 2.94 bits per heavy atom. The molecule has 3 unspecified atom stereocenters. The van der Waals surface area contributed by atoms with Crippen molar-refractivity contribution in [1.29, 1.82) is 0 Å². The lowest BCUT2D eigenvalue weighted by atomic mass is 10.00. The second kappa shape index (κ2) is 8.86. The van der Waals surface area contributed by atoms with Crippen LogP contribution in [0.1, 0.15) is 33.1 Å². The molecule has 0 aromatic carbocycles. The molecule has 3 atom stereocenters. The lowest BCUT2D eigenvalue weighted by Crippen LogP contribution is -2.32. The Morgan fingerprint density at radius 1 is 1.47 bits per heavy atom. The summed E-state index contributed by atoms with van der Waals surface area (Å²) in [6.45, 7) is 8.53. The Hall–Kier alpha value is -0.160. The van der Waals surface area contributed by atoms with Crippen LogP contribution >= 0.6 is 0 Å². The molecule has 1 saturated heterocycles. The molecule has 0 aromatic heterocycles. The summed E-state index contributed by atoms with van der Waals surface area (Å²) in [7, 11) is 0. The van der Waals surface area contributed by atoms with E-state index in [0.29, 0.717) is 18.6 Å². The minimum absolute atomic E-state index is 0.203. The van der Waals surface area contributed by atoms with Gasteiger partial charge < -0.3 is 20.5 Å². The van der Waals surface area contributed by atoms with Crippen molar-refractivity contribution in [3.63, 3.8) is 0 Å². The van der Waals surface area contributed by atoms with Crippen molar-refractivity contribution < 1.29 is 9.47 Å². The zero-order chi connectivity index (χ0) is 12.5. The van der Waals surface area contributed by atoms with Gasteiger partial charge in [0.25, 0.3) is 0 Å². The molecule has 4 nitrogen and oxygen atoms in total. The first-order chi connectivity index (χ1) is 8.31. The Kier molecular flexibility index (Phi) is 7.77. The van der Waals surface area contributed by atoms with Gasteiger partial charge in [0.1, 0.15) is 0 Å². The van der Waals surface area contributed by atoms with E-state index in [1.807, 2.05) is 6.92 Å². The molecule has 17 heavy (non-hydrogen) atoms. The van der Waals surface area contributed by atoms with Crippen molar-refractivity contribution in [2.24, 2.45) is 11.7 Å². The van der Waals surface area contributed by atoms with Gasteiger partial charge in [-0.15, -0.1) is 0 Å². The summed E-state index contributed by atoms with van der Waals surface area (Å²) in [4.78, 5) is 0. The van der Waals surface area contributed by atoms with E-state index < -0.39 is 0 Å². The summed E-state index contributed by atoms with van der Waals surface area (Å²) < 4.78 is 11.2. The van der Waals surface area contributed by atoms with Crippen LogP contribution in [0, 0.1) is 5.92 Å². The van der Waals surface area contributed by atoms with Crippen molar-refractivity contribution in [1.82, 2.24) is 5.32 Å². The average molecular weight is 244 g/mol. The maximum Gasteiger partial charge on any atom is 0.0709 e. The van der Waals surface area contributed by atoms with Crippen LogP contribution in [0.5, 0.6) is 0 Å². The van der Waals surface area contributed by atoms with E-state index in [1.165, 1.54) is 6.42 Å². The molecule has 0 amide bonds. The summed E-state index contributed by atoms with van der Waals surface area (Å²) in [6.07, 6.45) is 3.97. The van der Waals surface area contributed by atoms with Crippen LogP contribution in [0.3, 0.4) is 0 Å². The summed E-state index contributed by atoms with van der Waals surface area (Å²) in [5.74, 6) is 0.684. The first kappa shape index (κ1) is 14.9. The Morgan fingerprint density at radius 2 is 2.29 bits per heavy atom. The minimum Gasteiger partial charge on any atom is -0.378 e. The first-order valence-corrected chi connectivity index (χ1v) is 6.95. The molecular formula is C13H28N2O2. The monoisotopic (exact) mass is 244 g/mol. The lowest BCUT2D eigenvalue weighted by Gasteiger charge is -2.19. The van der Waals surface area contributed by atoms with E-state index in [0.717, 1.165) is 39.1 Å². The highest BCUT2D eigenvalue weighted by molar-refractivity contribution is 4.77. The molecule has 3 N–H and O–H groups in total. The van der Waals surface area contributed by atoms with Crippen molar-refractivity contribution in [2.75, 3.05) is 32.8 Å². The van der Waals surface area contributed by atoms with E-state index in [1.54, 1.807) is 0 Å². The quantitative estimate of drug-likeness (QED) is 0.597. The fourth-order valence-electron chi connectivity index (χ4n) is 2.43. The molecular weight excluding hydrogens is 216 g/mol. The maximum atomic E-state index is 5.67. The fourth-order valence-corrected chi connectivity index (χ4v) is 2.43. The van der Waals surface area contributed by atoms with Gasteiger partial charge in [-0.25, -0.2) is 0 Å². The average Bonchev–Trinajstić information content (AvgIpc) is 2.80. The van der Waals surface area contributed by atoms with Crippen LogP contribution in [-0.2, 0) is 9.47 Å². The molecule has 102 valence electrons. The van der Waals surface area contributed by atoms with Crippen LogP contribution in [-0.4, -0.2) is 45.1 Å². The smallest absolute Gasteiger partial charge is 0.0709 e. The number of nitrogens with one attached hydrogen (secondary N) is 1. The molecule has 1 aliphatic rings. The molecule has 1 aliphatic heterocycles. The SMILES string of the molecule is CCOC(CN)CCNCC1CCOC1CC. The van der Waals surface area contributed by atoms with E-state index in [-0.39, 0.29) is 6.10 Å². The standard InChI is InChI=1S/C13H28N2O2/c1-3-13-11(6-8-17-13)10-15-7-5-12(9-14)16-4-2/h11-13,15H,3-10,14H2,1-2H3. The fraction of sp³-hybridized carbons (Fsp3) is 1.00. The van der Waals surface area contributed by atoms with Crippen molar-refractivity contribution in [2.45, 2.75) is 45.3 Å². The number of ether oxygens (including phenoxy) is 2. The van der Waals surface area contributed by atoms with E-state index >= 15 is 0 Å². The highest BCUT2D eigenvalue weighted by atomic mass is 16.5. The van der Waals surface area contributed by atoms with Gasteiger partial charge in [0, 0.05) is 26.3 Å². The highest BCUT2D eigenvalue weighted by Gasteiger charge is 2.25. The number of hydrogen-bond donors (Lipinski definition) is 2. The van der Waals surface area contributed by atoms with Crippen LogP contribution in [0.15, 0.2) is 0 Å². The summed E-state index contributed by atoms with van der Waals surface area (Å²) in [5.41, 5.74) is 5.63. The molecule has 0 saturated carbocycles. The zero-order valence-electron chi connectivity index (χ0n) is 11.3. The highest BCUT2D eigenvalue weighted by Crippen LogP contribution is 2.22. The van der Waals surface area contributed by atoms with Gasteiger partial charge in [-0.3, -0.25) is 0 Å². The molecule has 1 fully saturated rings. The molecule has 0 bridgehead atoms. The third-order valence-corrected chi connectivity index (χ3v) is 3.46. The third kappa shape index (κ3) is 5.34. The summed E-state index contributed by atoms with van der Waals surface area (Å²) in [5, 5.41) is 3.50. The molecule has 0 aromatic rings. The van der Waals surface area contributed by atoms with Gasteiger partial charge in [-0.1, -0.05) is 6.92 Å². The second-order valence-electron chi connectivity index (χ2n) is 4.67. The van der Waals surface area contributed by atoms with Crippen molar-refractivity contribution in [3.8, 4) is 0 Å². The van der Waals surface area contributed by atoms with Crippen LogP contribution in [0.25, 0.3) is 0 Å². The minimum atomic E-state index is 0.203. The first-order valence-electron chi connectivity index (χ1n) is 6.95. The molecule has 4 heteroatoms. The molecule has 0 radical (unpaired) electrons. The van der Waals surface area contributed by atoms with Gasteiger partial charge in [-0.2, -0.15) is 0 Å². The third-order valence-electron chi connectivity index (χ3n) is 3.46. The molecule has 0 aliphatic carbocycles. The van der Waals surface area contributed by atoms with Gasteiger partial charge >= 0.3 is 0 Å². The predicted octanol–water partition coefficient (Wildman–Crippen LogP) is 1.15. The summed E-state index contributed by atoms with van der Waals surface area (Å²) >= 11 is 0. The Balaban J connectivity index is 2.06. The van der Waals surface area contributed by atoms with E-state index in [4.69, 9.17) is 15.2 Å². The van der Waals surface area contributed by atoms with Gasteiger partial charge in [0.05, 0.1) is 12.2 Å². The number of hydrogen-bond acceptors (Lipinski definition) is 4. The largest absolute Gasteiger partial charge is 0.378 e. The van der Waals surface area contributed by atoms with Crippen LogP contribution < -0.4 is 11.1 Å². The lowest BCUT2D eigenvalue weighted by molar-refractivity contribution is 0.0621. The Bertz CT molecular complexity index is 190. The van der Waals surface area contributed by atoms with E-state index in [9.17, 15) is 0 Å². The topological polar surface area (TPSA) is 56.5 Å². The van der Waals surface area contributed by atoms with Gasteiger partial charge in [-0.05, 0) is 38.6 Å². The molecule has 1 heterocycles. The van der Waals surface area contributed by atoms with Crippen molar-refractivity contribution >= 4 is 0 Å². The van der Waals surface area contributed by atoms with Gasteiger partial charge in [0.2, 0.25) is 0 Å². The van der Waals surface area contributed by atoms with Crippen LogP contribution in [0.4, 0.5) is 0 Å².